The van der Waals surface area contributed by atoms with Gasteiger partial charge in [0.2, 0.25) is 0 Å². The number of benzene rings is 2. The van der Waals surface area contributed by atoms with Gasteiger partial charge in [-0.1, -0.05) is 50.2 Å². The van der Waals surface area contributed by atoms with E-state index in [1.807, 2.05) is 0 Å². The van der Waals surface area contributed by atoms with E-state index in [0.717, 1.165) is 6.42 Å². The van der Waals surface area contributed by atoms with E-state index in [9.17, 15) is 5.11 Å². The van der Waals surface area contributed by atoms with Gasteiger partial charge in [-0.3, -0.25) is 0 Å². The summed E-state index contributed by atoms with van der Waals surface area (Å²) < 4.78 is 0. The van der Waals surface area contributed by atoms with E-state index in [0.29, 0.717) is 0 Å². The fraction of sp³-hybridized carbons (Fsp3) is 0.375. The number of fused-ring (bicyclic) bond motifs is 1. The van der Waals surface area contributed by atoms with Crippen molar-refractivity contribution in [1.82, 2.24) is 0 Å². The molecule has 0 unspecified atom stereocenters. The summed E-state index contributed by atoms with van der Waals surface area (Å²) in [6, 6.07) is 12.9. The highest BCUT2D eigenvalue weighted by atomic mass is 16.3. The lowest BCUT2D eigenvalue weighted by Gasteiger charge is -2.22. The molecule has 0 aliphatic heterocycles. The smallest absolute Gasteiger partial charge is 0.0485 e. The highest BCUT2D eigenvalue weighted by molar-refractivity contribution is 5.88. The molecule has 2 rings (SSSR count). The first-order valence-electron chi connectivity index (χ1n) is 6.11. The van der Waals surface area contributed by atoms with Crippen molar-refractivity contribution in [3.63, 3.8) is 0 Å². The summed E-state index contributed by atoms with van der Waals surface area (Å²) in [7, 11) is 0. The largest absolute Gasteiger partial charge is 0.396 e. The highest BCUT2D eigenvalue weighted by Gasteiger charge is 2.18. The van der Waals surface area contributed by atoms with Gasteiger partial charge in [-0.2, -0.15) is 0 Å². The molecule has 0 radical (unpaired) electrons. The minimum atomic E-state index is -0.0575. The van der Waals surface area contributed by atoms with Crippen LogP contribution in [0.1, 0.15) is 25.0 Å². The second-order valence-corrected chi connectivity index (χ2v) is 5.59. The summed E-state index contributed by atoms with van der Waals surface area (Å²) in [4.78, 5) is 0. The van der Waals surface area contributed by atoms with E-state index in [-0.39, 0.29) is 12.0 Å². The molecule has 0 saturated heterocycles. The highest BCUT2D eigenvalue weighted by Crippen LogP contribution is 2.28. The van der Waals surface area contributed by atoms with Gasteiger partial charge in [0, 0.05) is 6.61 Å². The first-order chi connectivity index (χ1) is 8.03. The maximum Gasteiger partial charge on any atom is 0.0485 e. The quantitative estimate of drug-likeness (QED) is 0.849. The SMILES string of the molecule is Cc1ccc(CC(C)(C)CO)c2ccccc12. The molecule has 0 amide bonds. The van der Waals surface area contributed by atoms with Crippen molar-refractivity contribution in [2.75, 3.05) is 6.61 Å². The Balaban J connectivity index is 2.52. The van der Waals surface area contributed by atoms with Crippen LogP contribution in [0.4, 0.5) is 0 Å². The normalized spacial score (nSPS) is 12.0. The van der Waals surface area contributed by atoms with E-state index < -0.39 is 0 Å². The molecule has 0 aromatic heterocycles. The molecule has 90 valence electrons. The second kappa shape index (κ2) is 4.50. The van der Waals surface area contributed by atoms with Crippen molar-refractivity contribution in [2.24, 2.45) is 5.41 Å². The Morgan fingerprint density at radius 2 is 1.65 bits per heavy atom. The van der Waals surface area contributed by atoms with Crippen molar-refractivity contribution >= 4 is 10.8 Å². The van der Waals surface area contributed by atoms with Crippen LogP contribution >= 0.6 is 0 Å². The van der Waals surface area contributed by atoms with Crippen molar-refractivity contribution < 1.29 is 5.11 Å². The zero-order valence-corrected chi connectivity index (χ0v) is 10.8. The molecule has 0 atom stereocenters. The summed E-state index contributed by atoms with van der Waals surface area (Å²) >= 11 is 0. The lowest BCUT2D eigenvalue weighted by molar-refractivity contribution is 0.160. The van der Waals surface area contributed by atoms with E-state index in [4.69, 9.17) is 0 Å². The van der Waals surface area contributed by atoms with Gasteiger partial charge < -0.3 is 5.11 Å². The van der Waals surface area contributed by atoms with Gasteiger partial charge in [0.05, 0.1) is 0 Å². The molecule has 0 bridgehead atoms. The van der Waals surface area contributed by atoms with Crippen LogP contribution in [0.5, 0.6) is 0 Å². The molecule has 1 heteroatoms. The predicted octanol–water partition coefficient (Wildman–Crippen LogP) is 3.71. The molecule has 0 aliphatic carbocycles. The molecule has 1 N–H and O–H groups in total. The minimum absolute atomic E-state index is 0.0575. The van der Waals surface area contributed by atoms with Crippen molar-refractivity contribution in [3.05, 3.63) is 47.5 Å². The standard InChI is InChI=1S/C16H20O/c1-12-8-9-13(10-16(2,3)11-17)15-7-5-4-6-14(12)15/h4-9,17H,10-11H2,1-3H3. The van der Waals surface area contributed by atoms with Crippen LogP contribution in [0.2, 0.25) is 0 Å². The Hall–Kier alpha value is -1.34. The van der Waals surface area contributed by atoms with E-state index in [1.165, 1.54) is 21.9 Å². The van der Waals surface area contributed by atoms with Gasteiger partial charge in [0.1, 0.15) is 0 Å². The average Bonchev–Trinajstić information content (AvgIpc) is 2.33. The summed E-state index contributed by atoms with van der Waals surface area (Å²) in [5.74, 6) is 0. The van der Waals surface area contributed by atoms with Gasteiger partial charge in [0.25, 0.3) is 0 Å². The lowest BCUT2D eigenvalue weighted by Crippen LogP contribution is -2.19. The third-order valence-corrected chi connectivity index (χ3v) is 3.33. The Morgan fingerprint density at radius 1 is 1.00 bits per heavy atom. The third-order valence-electron chi connectivity index (χ3n) is 3.33. The molecule has 1 nitrogen and oxygen atoms in total. The van der Waals surface area contributed by atoms with Crippen LogP contribution in [0.25, 0.3) is 10.8 Å². The van der Waals surface area contributed by atoms with Crippen LogP contribution in [-0.4, -0.2) is 11.7 Å². The molecule has 17 heavy (non-hydrogen) atoms. The Labute approximate surface area is 103 Å². The number of aryl methyl sites for hydroxylation is 1. The number of aliphatic hydroxyl groups is 1. The fourth-order valence-corrected chi connectivity index (χ4v) is 2.24. The Bertz CT molecular complexity index is 526. The summed E-state index contributed by atoms with van der Waals surface area (Å²) in [6.45, 7) is 6.56. The molecular weight excluding hydrogens is 208 g/mol. The molecule has 2 aromatic carbocycles. The Kier molecular flexibility index (Phi) is 3.21. The Morgan fingerprint density at radius 3 is 2.29 bits per heavy atom. The van der Waals surface area contributed by atoms with Crippen molar-refractivity contribution in [2.45, 2.75) is 27.2 Å². The predicted molar refractivity (Wildman–Crippen MR) is 73.3 cm³/mol. The topological polar surface area (TPSA) is 20.2 Å². The number of hydrogen-bond donors (Lipinski definition) is 1. The summed E-state index contributed by atoms with van der Waals surface area (Å²) in [6.07, 6.45) is 0.907. The summed E-state index contributed by atoms with van der Waals surface area (Å²) in [5, 5.41) is 12.0. The zero-order valence-electron chi connectivity index (χ0n) is 10.8. The molecular formula is C16H20O. The first-order valence-corrected chi connectivity index (χ1v) is 6.11. The maximum atomic E-state index is 9.38. The van der Waals surface area contributed by atoms with E-state index in [1.54, 1.807) is 0 Å². The van der Waals surface area contributed by atoms with Crippen LogP contribution in [0, 0.1) is 12.3 Å². The van der Waals surface area contributed by atoms with Crippen LogP contribution in [0.15, 0.2) is 36.4 Å². The molecule has 0 saturated carbocycles. The zero-order chi connectivity index (χ0) is 12.5. The average molecular weight is 228 g/mol. The van der Waals surface area contributed by atoms with Crippen molar-refractivity contribution in [1.29, 1.82) is 0 Å². The van der Waals surface area contributed by atoms with Gasteiger partial charge >= 0.3 is 0 Å². The maximum absolute atomic E-state index is 9.38. The van der Waals surface area contributed by atoms with Crippen LogP contribution in [-0.2, 0) is 6.42 Å². The number of rotatable bonds is 3. The molecule has 2 aromatic rings. The molecule has 0 aliphatic rings. The van der Waals surface area contributed by atoms with Gasteiger partial charge in [-0.15, -0.1) is 0 Å². The van der Waals surface area contributed by atoms with Crippen molar-refractivity contribution in [3.8, 4) is 0 Å². The fourth-order valence-electron chi connectivity index (χ4n) is 2.24. The molecule has 0 fully saturated rings. The van der Waals surface area contributed by atoms with E-state index >= 15 is 0 Å². The molecule has 0 heterocycles. The minimum Gasteiger partial charge on any atom is -0.396 e. The van der Waals surface area contributed by atoms with E-state index in [2.05, 4.69) is 57.2 Å². The van der Waals surface area contributed by atoms with Crippen LogP contribution < -0.4 is 0 Å². The van der Waals surface area contributed by atoms with Gasteiger partial charge in [-0.05, 0) is 40.7 Å². The van der Waals surface area contributed by atoms with Crippen LogP contribution in [0.3, 0.4) is 0 Å². The number of aliphatic hydroxyl groups excluding tert-OH is 1. The summed E-state index contributed by atoms with van der Waals surface area (Å²) in [5.41, 5.74) is 2.58. The van der Waals surface area contributed by atoms with Gasteiger partial charge in [0.15, 0.2) is 0 Å². The van der Waals surface area contributed by atoms with Gasteiger partial charge in [-0.25, -0.2) is 0 Å². The monoisotopic (exact) mass is 228 g/mol. The molecule has 0 spiro atoms. The third kappa shape index (κ3) is 2.50. The number of hydrogen-bond acceptors (Lipinski definition) is 1. The first kappa shape index (κ1) is 12.1. The second-order valence-electron chi connectivity index (χ2n) is 5.59. The lowest BCUT2D eigenvalue weighted by atomic mass is 9.84.